The molecule has 2 nitrogen and oxygen atoms in total. The van der Waals surface area contributed by atoms with Crippen LogP contribution in [0.2, 0.25) is 0 Å². The summed E-state index contributed by atoms with van der Waals surface area (Å²) in [6, 6.07) is 6.05. The number of ketones is 1. The van der Waals surface area contributed by atoms with Crippen molar-refractivity contribution >= 4 is 5.78 Å². The molecule has 1 fully saturated rings. The second kappa shape index (κ2) is 10.6. The van der Waals surface area contributed by atoms with Crippen LogP contribution in [-0.4, -0.2) is 23.8 Å². The highest BCUT2D eigenvalue weighted by Gasteiger charge is 2.13. The summed E-state index contributed by atoms with van der Waals surface area (Å²) >= 11 is 0. The highest BCUT2D eigenvalue weighted by Crippen LogP contribution is 2.17. The lowest BCUT2D eigenvalue weighted by atomic mass is 10.0. The second-order valence-electron chi connectivity index (χ2n) is 4.68. The monoisotopic (exact) mass is 277 g/mol. The van der Waals surface area contributed by atoms with Crippen LogP contribution in [0.5, 0.6) is 0 Å². The van der Waals surface area contributed by atoms with Gasteiger partial charge in [-0.2, -0.15) is 0 Å². The lowest BCUT2D eigenvalue weighted by molar-refractivity contribution is 0.101. The van der Waals surface area contributed by atoms with Crippen LogP contribution < -0.4 is 0 Å². The fraction of sp³-hybridized carbons (Fsp3) is 0.611. The highest BCUT2D eigenvalue weighted by molar-refractivity contribution is 5.94. The summed E-state index contributed by atoms with van der Waals surface area (Å²) in [6.45, 7) is 15.2. The largest absolute Gasteiger partial charge is 0.299 e. The Morgan fingerprint density at radius 3 is 2.10 bits per heavy atom. The number of rotatable bonds is 3. The van der Waals surface area contributed by atoms with Gasteiger partial charge in [0.1, 0.15) is 0 Å². The van der Waals surface area contributed by atoms with Crippen LogP contribution in [0.4, 0.5) is 0 Å². The number of aryl methyl sites for hydroxylation is 1. The molecule has 20 heavy (non-hydrogen) atoms. The fourth-order valence-electron chi connectivity index (χ4n) is 2.27. The number of likely N-dealkylation sites (tertiary alicyclic amines) is 1. The molecule has 0 spiro atoms. The Balaban J connectivity index is 0.000000829. The Kier molecular flexibility index (Phi) is 10.0. The molecule has 0 aromatic heterocycles. The van der Waals surface area contributed by atoms with Gasteiger partial charge in [0.15, 0.2) is 5.78 Å². The van der Waals surface area contributed by atoms with Crippen molar-refractivity contribution in [2.45, 2.75) is 60.9 Å². The number of nitrogens with zero attached hydrogens (tertiary/aromatic N) is 1. The van der Waals surface area contributed by atoms with E-state index < -0.39 is 0 Å². The van der Waals surface area contributed by atoms with E-state index in [0.717, 1.165) is 12.1 Å². The van der Waals surface area contributed by atoms with Gasteiger partial charge in [-0.25, -0.2) is 0 Å². The van der Waals surface area contributed by atoms with E-state index in [9.17, 15) is 4.79 Å². The molecule has 114 valence electrons. The van der Waals surface area contributed by atoms with Gasteiger partial charge in [-0.15, -0.1) is 0 Å². The smallest absolute Gasteiger partial charge is 0.159 e. The molecule has 2 rings (SSSR count). The first-order valence-corrected chi connectivity index (χ1v) is 7.99. The van der Waals surface area contributed by atoms with Crippen LogP contribution in [0.15, 0.2) is 18.2 Å². The Labute approximate surface area is 125 Å². The quantitative estimate of drug-likeness (QED) is 0.736. The van der Waals surface area contributed by atoms with E-state index >= 15 is 0 Å². The number of carbonyl (C=O) groups is 1. The van der Waals surface area contributed by atoms with Gasteiger partial charge < -0.3 is 0 Å². The summed E-state index contributed by atoms with van der Waals surface area (Å²) in [5.74, 6) is 0.149. The van der Waals surface area contributed by atoms with E-state index in [1.807, 2.05) is 39.8 Å². The molecule has 1 aromatic rings. The molecule has 1 heterocycles. The van der Waals surface area contributed by atoms with Gasteiger partial charge in [0, 0.05) is 12.1 Å². The normalized spacial score (nSPS) is 13.9. The van der Waals surface area contributed by atoms with Gasteiger partial charge in [0.05, 0.1) is 0 Å². The van der Waals surface area contributed by atoms with Crippen molar-refractivity contribution in [3.63, 3.8) is 0 Å². The Hall–Kier alpha value is -1.15. The lowest BCUT2D eigenvalue weighted by Crippen LogP contribution is -2.19. The SMILES string of the molecule is CC.CC.CC(=O)c1ccc(CN2CCCC2)c(C)c1. The zero-order valence-corrected chi connectivity index (χ0v) is 14.1. The van der Waals surface area contributed by atoms with Crippen LogP contribution in [0.1, 0.15) is 68.9 Å². The van der Waals surface area contributed by atoms with Crippen molar-refractivity contribution in [2.75, 3.05) is 13.1 Å². The van der Waals surface area contributed by atoms with Crippen LogP contribution in [0.3, 0.4) is 0 Å². The summed E-state index contributed by atoms with van der Waals surface area (Å²) in [6.07, 6.45) is 2.65. The number of benzene rings is 1. The van der Waals surface area contributed by atoms with Crippen molar-refractivity contribution in [1.82, 2.24) is 4.90 Å². The molecule has 0 N–H and O–H groups in total. The Bertz CT molecular complexity index is 392. The van der Waals surface area contributed by atoms with E-state index in [1.165, 1.54) is 37.1 Å². The van der Waals surface area contributed by atoms with E-state index in [2.05, 4.69) is 17.9 Å². The van der Waals surface area contributed by atoms with Gasteiger partial charge in [-0.1, -0.05) is 39.8 Å². The molecule has 0 aliphatic carbocycles. The first-order valence-electron chi connectivity index (χ1n) is 7.99. The summed E-state index contributed by atoms with van der Waals surface area (Å²) in [7, 11) is 0. The van der Waals surface area contributed by atoms with Crippen LogP contribution >= 0.6 is 0 Å². The minimum absolute atomic E-state index is 0.149. The zero-order chi connectivity index (χ0) is 15.5. The Morgan fingerprint density at radius 2 is 1.65 bits per heavy atom. The number of hydrogen-bond donors (Lipinski definition) is 0. The standard InChI is InChI=1S/C14H19NO.2C2H6/c1-11-9-13(12(2)16)5-6-14(11)10-15-7-3-4-8-15;2*1-2/h5-6,9H,3-4,7-8,10H2,1-2H3;2*1-2H3. The minimum atomic E-state index is 0.149. The highest BCUT2D eigenvalue weighted by atomic mass is 16.1. The van der Waals surface area contributed by atoms with E-state index in [0.29, 0.717) is 0 Å². The molecule has 0 bridgehead atoms. The average molecular weight is 277 g/mol. The molecule has 0 atom stereocenters. The van der Waals surface area contributed by atoms with Gasteiger partial charge in [0.2, 0.25) is 0 Å². The number of carbonyl (C=O) groups excluding carboxylic acids is 1. The molecule has 0 unspecified atom stereocenters. The average Bonchev–Trinajstić information content (AvgIpc) is 2.98. The third kappa shape index (κ3) is 5.87. The summed E-state index contributed by atoms with van der Waals surface area (Å²) in [5, 5.41) is 0. The predicted molar refractivity (Wildman–Crippen MR) is 88.4 cm³/mol. The minimum Gasteiger partial charge on any atom is -0.299 e. The molecule has 2 heteroatoms. The predicted octanol–water partition coefficient (Wildman–Crippen LogP) is 4.85. The fourth-order valence-corrected chi connectivity index (χ4v) is 2.27. The van der Waals surface area contributed by atoms with Crippen molar-refractivity contribution in [2.24, 2.45) is 0 Å². The molecular formula is C18H31NO. The molecule has 0 radical (unpaired) electrons. The maximum atomic E-state index is 11.2. The third-order valence-corrected chi connectivity index (χ3v) is 3.34. The molecule has 1 saturated heterocycles. The van der Waals surface area contributed by atoms with Crippen LogP contribution in [-0.2, 0) is 6.54 Å². The van der Waals surface area contributed by atoms with Gasteiger partial charge in [-0.3, -0.25) is 9.69 Å². The van der Waals surface area contributed by atoms with E-state index in [1.54, 1.807) is 6.92 Å². The van der Waals surface area contributed by atoms with Crippen molar-refractivity contribution < 1.29 is 4.79 Å². The summed E-state index contributed by atoms with van der Waals surface area (Å²) in [5.41, 5.74) is 3.41. The third-order valence-electron chi connectivity index (χ3n) is 3.34. The first-order chi connectivity index (χ1) is 9.66. The molecule has 0 amide bonds. The topological polar surface area (TPSA) is 20.3 Å². The van der Waals surface area contributed by atoms with Gasteiger partial charge >= 0.3 is 0 Å². The van der Waals surface area contributed by atoms with Crippen molar-refractivity contribution in [3.8, 4) is 0 Å². The molecule has 1 aliphatic heterocycles. The number of hydrogen-bond acceptors (Lipinski definition) is 2. The zero-order valence-electron chi connectivity index (χ0n) is 14.1. The Morgan fingerprint density at radius 1 is 1.10 bits per heavy atom. The molecule has 0 saturated carbocycles. The molecule has 1 aromatic carbocycles. The second-order valence-corrected chi connectivity index (χ2v) is 4.68. The van der Waals surface area contributed by atoms with Crippen LogP contribution in [0, 0.1) is 6.92 Å². The van der Waals surface area contributed by atoms with E-state index in [4.69, 9.17) is 0 Å². The van der Waals surface area contributed by atoms with Gasteiger partial charge in [0.25, 0.3) is 0 Å². The maximum Gasteiger partial charge on any atom is 0.159 e. The first kappa shape index (κ1) is 18.9. The maximum absolute atomic E-state index is 11.2. The molecular weight excluding hydrogens is 246 g/mol. The van der Waals surface area contributed by atoms with E-state index in [-0.39, 0.29) is 5.78 Å². The van der Waals surface area contributed by atoms with Gasteiger partial charge in [-0.05, 0) is 57.0 Å². The van der Waals surface area contributed by atoms with Crippen molar-refractivity contribution in [1.29, 1.82) is 0 Å². The lowest BCUT2D eigenvalue weighted by Gasteiger charge is -2.16. The summed E-state index contributed by atoms with van der Waals surface area (Å²) < 4.78 is 0. The van der Waals surface area contributed by atoms with Crippen molar-refractivity contribution in [3.05, 3.63) is 34.9 Å². The number of Topliss-reactive ketones (excluding diaryl/α,β-unsaturated/α-hetero) is 1. The summed E-state index contributed by atoms with van der Waals surface area (Å²) in [4.78, 5) is 13.7. The molecule has 1 aliphatic rings. The van der Waals surface area contributed by atoms with Crippen LogP contribution in [0.25, 0.3) is 0 Å².